The van der Waals surface area contributed by atoms with Crippen LogP contribution in [0.25, 0.3) is 0 Å². The van der Waals surface area contributed by atoms with Crippen molar-refractivity contribution in [3.63, 3.8) is 0 Å². The van der Waals surface area contributed by atoms with Gasteiger partial charge in [-0.2, -0.15) is 0 Å². The van der Waals surface area contributed by atoms with Gasteiger partial charge in [0, 0.05) is 32.0 Å². The van der Waals surface area contributed by atoms with Crippen LogP contribution in [0.2, 0.25) is 0 Å². The van der Waals surface area contributed by atoms with E-state index in [1.807, 2.05) is 30.3 Å². The van der Waals surface area contributed by atoms with Crippen LogP contribution in [0.3, 0.4) is 0 Å². The fourth-order valence-electron chi connectivity index (χ4n) is 2.37. The Morgan fingerprint density at radius 3 is 2.36 bits per heavy atom. The standard InChI is InChI=1S/C21H24N2O5/c1-16(24)28-19-10-5-7-17(15-19)21(26)23-13-12-22-20(25)11-6-14-27-18-8-3-2-4-9-18/h2-5,7-10,15H,6,11-14H2,1H3,(H,22,25)(H,23,26). The Balaban J connectivity index is 1.59. The number of para-hydroxylation sites is 1. The lowest BCUT2D eigenvalue weighted by Gasteiger charge is -2.09. The van der Waals surface area contributed by atoms with Crippen LogP contribution in [-0.2, 0) is 9.59 Å². The van der Waals surface area contributed by atoms with E-state index in [0.717, 1.165) is 5.75 Å². The van der Waals surface area contributed by atoms with Crippen molar-refractivity contribution in [2.24, 2.45) is 0 Å². The molecule has 0 fully saturated rings. The fraction of sp³-hybridized carbons (Fsp3) is 0.286. The number of hydrogen-bond acceptors (Lipinski definition) is 5. The molecule has 7 nitrogen and oxygen atoms in total. The van der Waals surface area contributed by atoms with Crippen molar-refractivity contribution >= 4 is 17.8 Å². The van der Waals surface area contributed by atoms with Crippen LogP contribution >= 0.6 is 0 Å². The summed E-state index contributed by atoms with van der Waals surface area (Å²) in [5, 5.41) is 5.45. The van der Waals surface area contributed by atoms with Gasteiger partial charge >= 0.3 is 5.97 Å². The van der Waals surface area contributed by atoms with Crippen molar-refractivity contribution in [3.8, 4) is 11.5 Å². The van der Waals surface area contributed by atoms with E-state index in [9.17, 15) is 14.4 Å². The second-order valence-electron chi connectivity index (χ2n) is 5.99. The van der Waals surface area contributed by atoms with Crippen LogP contribution in [0, 0.1) is 0 Å². The minimum atomic E-state index is -0.450. The predicted molar refractivity (Wildman–Crippen MR) is 104 cm³/mol. The summed E-state index contributed by atoms with van der Waals surface area (Å²) in [6.45, 7) is 2.38. The van der Waals surface area contributed by atoms with Crippen molar-refractivity contribution in [3.05, 3.63) is 60.2 Å². The van der Waals surface area contributed by atoms with Crippen molar-refractivity contribution in [2.75, 3.05) is 19.7 Å². The second kappa shape index (κ2) is 11.4. The van der Waals surface area contributed by atoms with Gasteiger partial charge in [0.1, 0.15) is 11.5 Å². The van der Waals surface area contributed by atoms with Gasteiger partial charge in [-0.1, -0.05) is 24.3 Å². The van der Waals surface area contributed by atoms with Gasteiger partial charge in [-0.15, -0.1) is 0 Å². The lowest BCUT2D eigenvalue weighted by atomic mass is 10.2. The van der Waals surface area contributed by atoms with Crippen LogP contribution in [0.1, 0.15) is 30.1 Å². The quantitative estimate of drug-likeness (QED) is 0.372. The number of amides is 2. The maximum Gasteiger partial charge on any atom is 0.308 e. The first kappa shape index (κ1) is 21.0. The summed E-state index contributed by atoms with van der Waals surface area (Å²) in [4.78, 5) is 34.8. The number of carbonyl (C=O) groups is 3. The molecule has 2 aromatic carbocycles. The molecule has 2 rings (SSSR count). The van der Waals surface area contributed by atoms with Crippen LogP contribution < -0.4 is 20.1 Å². The number of esters is 1. The van der Waals surface area contributed by atoms with Gasteiger partial charge in [0.25, 0.3) is 5.91 Å². The molecule has 0 saturated carbocycles. The maximum absolute atomic E-state index is 12.1. The molecule has 0 spiro atoms. The summed E-state index contributed by atoms with van der Waals surface area (Å²) in [5.74, 6) is 0.242. The minimum Gasteiger partial charge on any atom is -0.494 e. The number of benzene rings is 2. The van der Waals surface area contributed by atoms with Gasteiger partial charge in [0.2, 0.25) is 5.91 Å². The average Bonchev–Trinajstić information content (AvgIpc) is 2.69. The van der Waals surface area contributed by atoms with E-state index < -0.39 is 5.97 Å². The summed E-state index contributed by atoms with van der Waals surface area (Å²) < 4.78 is 10.5. The molecule has 0 saturated heterocycles. The first-order valence-corrected chi connectivity index (χ1v) is 9.06. The SMILES string of the molecule is CC(=O)Oc1cccc(C(=O)NCCNC(=O)CCCOc2ccccc2)c1. The van der Waals surface area contributed by atoms with Gasteiger partial charge in [-0.05, 0) is 36.8 Å². The Kier molecular flexibility index (Phi) is 8.52. The third-order valence-electron chi connectivity index (χ3n) is 3.65. The van der Waals surface area contributed by atoms with Crippen LogP contribution in [0.15, 0.2) is 54.6 Å². The van der Waals surface area contributed by atoms with E-state index in [-0.39, 0.29) is 11.8 Å². The molecule has 0 aliphatic heterocycles. The average molecular weight is 384 g/mol. The van der Waals surface area contributed by atoms with Crippen molar-refractivity contribution in [1.82, 2.24) is 10.6 Å². The van der Waals surface area contributed by atoms with Crippen LogP contribution in [0.4, 0.5) is 0 Å². The molecular formula is C21H24N2O5. The zero-order chi connectivity index (χ0) is 20.2. The van der Waals surface area contributed by atoms with E-state index in [4.69, 9.17) is 9.47 Å². The molecule has 7 heteroatoms. The van der Waals surface area contributed by atoms with E-state index in [1.54, 1.807) is 18.2 Å². The third-order valence-corrected chi connectivity index (χ3v) is 3.65. The number of hydrogen-bond donors (Lipinski definition) is 2. The molecule has 0 bridgehead atoms. The molecule has 0 aliphatic rings. The molecule has 0 atom stereocenters. The molecule has 2 amide bonds. The Hall–Kier alpha value is -3.35. The smallest absolute Gasteiger partial charge is 0.308 e. The van der Waals surface area contributed by atoms with Gasteiger partial charge in [0.15, 0.2) is 0 Å². The number of rotatable bonds is 10. The van der Waals surface area contributed by atoms with Gasteiger partial charge in [-0.3, -0.25) is 14.4 Å². The predicted octanol–water partition coefficient (Wildman–Crippen LogP) is 2.32. The Labute approximate surface area is 164 Å². The molecule has 2 aromatic rings. The summed E-state index contributed by atoms with van der Waals surface area (Å²) >= 11 is 0. The van der Waals surface area contributed by atoms with Gasteiger partial charge in [0.05, 0.1) is 6.61 Å². The number of ether oxygens (including phenoxy) is 2. The van der Waals surface area contributed by atoms with Crippen LogP contribution in [0.5, 0.6) is 11.5 Å². The van der Waals surface area contributed by atoms with Crippen molar-refractivity contribution in [2.45, 2.75) is 19.8 Å². The Morgan fingerprint density at radius 2 is 1.61 bits per heavy atom. The summed E-state index contributed by atoms with van der Waals surface area (Å²) in [6, 6.07) is 15.8. The van der Waals surface area contributed by atoms with Gasteiger partial charge in [-0.25, -0.2) is 0 Å². The monoisotopic (exact) mass is 384 g/mol. The molecule has 0 aliphatic carbocycles. The first-order valence-electron chi connectivity index (χ1n) is 9.06. The zero-order valence-corrected chi connectivity index (χ0v) is 15.8. The molecule has 2 N–H and O–H groups in total. The second-order valence-corrected chi connectivity index (χ2v) is 5.99. The summed E-state index contributed by atoms with van der Waals surface area (Å²) in [5.41, 5.74) is 0.378. The molecule has 148 valence electrons. The molecular weight excluding hydrogens is 360 g/mol. The number of carbonyl (C=O) groups excluding carboxylic acids is 3. The molecule has 0 heterocycles. The maximum atomic E-state index is 12.1. The zero-order valence-electron chi connectivity index (χ0n) is 15.8. The highest BCUT2D eigenvalue weighted by atomic mass is 16.5. The van der Waals surface area contributed by atoms with Crippen LogP contribution in [-0.4, -0.2) is 37.5 Å². The summed E-state index contributed by atoms with van der Waals surface area (Å²) in [7, 11) is 0. The highest BCUT2D eigenvalue weighted by molar-refractivity contribution is 5.94. The lowest BCUT2D eigenvalue weighted by Crippen LogP contribution is -2.34. The van der Waals surface area contributed by atoms with E-state index >= 15 is 0 Å². The van der Waals surface area contributed by atoms with Crippen molar-refractivity contribution in [1.29, 1.82) is 0 Å². The first-order chi connectivity index (χ1) is 13.5. The Morgan fingerprint density at radius 1 is 0.893 bits per heavy atom. The van der Waals surface area contributed by atoms with E-state index in [0.29, 0.717) is 43.9 Å². The molecule has 0 aromatic heterocycles. The minimum absolute atomic E-state index is 0.0947. The normalized spacial score (nSPS) is 10.0. The number of nitrogens with one attached hydrogen (secondary N) is 2. The fourth-order valence-corrected chi connectivity index (χ4v) is 2.37. The highest BCUT2D eigenvalue weighted by Crippen LogP contribution is 2.13. The van der Waals surface area contributed by atoms with E-state index in [2.05, 4.69) is 10.6 Å². The Bertz CT molecular complexity index is 792. The lowest BCUT2D eigenvalue weighted by molar-refractivity contribution is -0.131. The highest BCUT2D eigenvalue weighted by Gasteiger charge is 2.08. The third kappa shape index (κ3) is 7.90. The molecule has 28 heavy (non-hydrogen) atoms. The topological polar surface area (TPSA) is 93.7 Å². The van der Waals surface area contributed by atoms with Gasteiger partial charge < -0.3 is 20.1 Å². The molecule has 0 unspecified atom stereocenters. The molecule has 0 radical (unpaired) electrons. The largest absolute Gasteiger partial charge is 0.494 e. The summed E-state index contributed by atoms with van der Waals surface area (Å²) in [6.07, 6.45) is 0.960. The van der Waals surface area contributed by atoms with Crippen molar-refractivity contribution < 1.29 is 23.9 Å². The van der Waals surface area contributed by atoms with E-state index in [1.165, 1.54) is 13.0 Å².